The second-order valence-corrected chi connectivity index (χ2v) is 5.55. The normalized spacial score (nSPS) is 11.8. The molecule has 0 amide bonds. The molecule has 108 valence electrons. The zero-order valence-corrected chi connectivity index (χ0v) is 11.6. The van der Waals surface area contributed by atoms with Gasteiger partial charge in [-0.25, -0.2) is 0 Å². The first-order chi connectivity index (χ1) is 9.93. The topological polar surface area (TPSA) is 38.0 Å². The number of alkyl halides is 3. The summed E-state index contributed by atoms with van der Waals surface area (Å²) >= 11 is 1.59. The van der Waals surface area contributed by atoms with E-state index >= 15 is 0 Å². The number of nitrogens with one attached hydrogen (secondary N) is 1. The average molecular weight is 308 g/mol. The van der Waals surface area contributed by atoms with Crippen molar-refractivity contribution in [1.29, 1.82) is 0 Å². The molecule has 0 saturated carbocycles. The summed E-state index contributed by atoms with van der Waals surface area (Å²) in [7, 11) is 0. The number of thiophene rings is 1. The Morgan fingerprint density at radius 2 is 1.81 bits per heavy atom. The monoisotopic (exact) mass is 308 g/mol. The fourth-order valence-corrected chi connectivity index (χ4v) is 2.88. The number of anilines is 3. The second kappa shape index (κ2) is 4.96. The SMILES string of the molecule is Nc1ccc(Nc2ccc3sccc3c2)c(C(F)(F)F)c1. The van der Waals surface area contributed by atoms with Crippen LogP contribution in [0.2, 0.25) is 0 Å². The number of hydrogen-bond acceptors (Lipinski definition) is 3. The van der Waals surface area contributed by atoms with Gasteiger partial charge in [-0.15, -0.1) is 11.3 Å². The molecule has 0 aliphatic rings. The van der Waals surface area contributed by atoms with E-state index < -0.39 is 11.7 Å². The fourth-order valence-electron chi connectivity index (χ4n) is 2.11. The summed E-state index contributed by atoms with van der Waals surface area (Å²) in [4.78, 5) is 0. The lowest BCUT2D eigenvalue weighted by Gasteiger charge is -2.15. The Morgan fingerprint density at radius 3 is 2.57 bits per heavy atom. The molecule has 0 unspecified atom stereocenters. The summed E-state index contributed by atoms with van der Waals surface area (Å²) in [6.07, 6.45) is -4.45. The minimum Gasteiger partial charge on any atom is -0.399 e. The summed E-state index contributed by atoms with van der Waals surface area (Å²) in [6.45, 7) is 0. The van der Waals surface area contributed by atoms with E-state index in [1.54, 1.807) is 17.4 Å². The summed E-state index contributed by atoms with van der Waals surface area (Å²) in [5.74, 6) is 0. The van der Waals surface area contributed by atoms with Gasteiger partial charge in [0.15, 0.2) is 0 Å². The van der Waals surface area contributed by atoms with E-state index in [-0.39, 0.29) is 11.4 Å². The average Bonchev–Trinajstić information content (AvgIpc) is 2.87. The molecule has 1 heterocycles. The summed E-state index contributed by atoms with van der Waals surface area (Å²) in [5, 5.41) is 5.75. The maximum atomic E-state index is 13.0. The van der Waals surface area contributed by atoms with Gasteiger partial charge in [-0.1, -0.05) is 0 Å². The molecule has 3 N–H and O–H groups in total. The van der Waals surface area contributed by atoms with Gasteiger partial charge in [0.2, 0.25) is 0 Å². The third-order valence-electron chi connectivity index (χ3n) is 3.08. The zero-order valence-electron chi connectivity index (χ0n) is 10.7. The lowest BCUT2D eigenvalue weighted by molar-refractivity contribution is -0.136. The predicted octanol–water partition coefficient (Wildman–Crippen LogP) is 5.25. The standard InChI is InChI=1S/C15H11F3N2S/c16-15(17,18)12-8-10(19)1-3-13(12)20-11-2-4-14-9(7-11)5-6-21-14/h1-8,20H,19H2. The van der Waals surface area contributed by atoms with Gasteiger partial charge in [0.25, 0.3) is 0 Å². The Morgan fingerprint density at radius 1 is 1.00 bits per heavy atom. The Hall–Kier alpha value is -2.21. The Labute approximate surface area is 123 Å². The van der Waals surface area contributed by atoms with Crippen LogP contribution < -0.4 is 11.1 Å². The molecule has 0 radical (unpaired) electrons. The maximum absolute atomic E-state index is 13.0. The number of fused-ring (bicyclic) bond motifs is 1. The number of hydrogen-bond donors (Lipinski definition) is 2. The Bertz CT molecular complexity index is 793. The van der Waals surface area contributed by atoms with E-state index in [0.717, 1.165) is 16.2 Å². The van der Waals surface area contributed by atoms with Gasteiger partial charge in [0.05, 0.1) is 11.3 Å². The van der Waals surface area contributed by atoms with Crippen molar-refractivity contribution in [2.75, 3.05) is 11.1 Å². The van der Waals surface area contributed by atoms with Crippen LogP contribution in [-0.4, -0.2) is 0 Å². The largest absolute Gasteiger partial charge is 0.418 e. The second-order valence-electron chi connectivity index (χ2n) is 4.60. The number of nitrogens with two attached hydrogens (primary N) is 1. The lowest BCUT2D eigenvalue weighted by Crippen LogP contribution is -2.09. The zero-order chi connectivity index (χ0) is 15.0. The molecule has 0 spiro atoms. The van der Waals surface area contributed by atoms with E-state index in [1.807, 2.05) is 23.6 Å². The highest BCUT2D eigenvalue weighted by atomic mass is 32.1. The summed E-state index contributed by atoms with van der Waals surface area (Å²) < 4.78 is 40.2. The molecule has 0 bridgehead atoms. The number of rotatable bonds is 2. The highest BCUT2D eigenvalue weighted by molar-refractivity contribution is 7.17. The fraction of sp³-hybridized carbons (Fsp3) is 0.0667. The van der Waals surface area contributed by atoms with Crippen molar-refractivity contribution in [3.8, 4) is 0 Å². The smallest absolute Gasteiger partial charge is 0.399 e. The van der Waals surface area contributed by atoms with Crippen molar-refractivity contribution in [3.63, 3.8) is 0 Å². The van der Waals surface area contributed by atoms with Gasteiger partial charge in [-0.05, 0) is 53.2 Å². The van der Waals surface area contributed by atoms with Crippen LogP contribution in [0.1, 0.15) is 5.56 Å². The van der Waals surface area contributed by atoms with Crippen LogP contribution in [-0.2, 0) is 6.18 Å². The molecule has 0 aliphatic heterocycles. The number of benzene rings is 2. The van der Waals surface area contributed by atoms with Gasteiger partial charge < -0.3 is 11.1 Å². The summed E-state index contributed by atoms with van der Waals surface area (Å²) in [5.41, 5.74) is 5.37. The first kappa shape index (κ1) is 13.8. The third kappa shape index (κ3) is 2.80. The molecule has 1 aromatic heterocycles. The van der Waals surface area contributed by atoms with Crippen molar-refractivity contribution in [2.24, 2.45) is 0 Å². The molecule has 2 nitrogen and oxygen atoms in total. The Balaban J connectivity index is 2.00. The van der Waals surface area contributed by atoms with Gasteiger partial charge >= 0.3 is 6.18 Å². The van der Waals surface area contributed by atoms with Gasteiger partial charge in [0, 0.05) is 16.1 Å². The van der Waals surface area contributed by atoms with E-state index in [1.165, 1.54) is 12.1 Å². The van der Waals surface area contributed by atoms with Gasteiger partial charge in [0.1, 0.15) is 0 Å². The molecule has 0 atom stereocenters. The lowest BCUT2D eigenvalue weighted by atomic mass is 10.1. The number of nitrogen functional groups attached to an aromatic ring is 1. The van der Waals surface area contributed by atoms with E-state index in [0.29, 0.717) is 5.69 Å². The highest BCUT2D eigenvalue weighted by Gasteiger charge is 2.33. The molecule has 2 aromatic carbocycles. The molecule has 0 aliphatic carbocycles. The van der Waals surface area contributed by atoms with Crippen molar-refractivity contribution >= 4 is 38.5 Å². The van der Waals surface area contributed by atoms with Gasteiger partial charge in [-0.2, -0.15) is 13.2 Å². The maximum Gasteiger partial charge on any atom is 0.418 e. The van der Waals surface area contributed by atoms with Crippen LogP contribution in [0.4, 0.5) is 30.2 Å². The molecule has 3 aromatic rings. The van der Waals surface area contributed by atoms with Crippen LogP contribution in [0, 0.1) is 0 Å². The van der Waals surface area contributed by atoms with Crippen molar-refractivity contribution in [1.82, 2.24) is 0 Å². The van der Waals surface area contributed by atoms with Crippen LogP contribution >= 0.6 is 11.3 Å². The summed E-state index contributed by atoms with van der Waals surface area (Å²) in [6, 6.07) is 11.1. The minimum atomic E-state index is -4.45. The molecular formula is C15H11F3N2S. The Kier molecular flexibility index (Phi) is 3.25. The van der Waals surface area contributed by atoms with Crippen LogP contribution in [0.3, 0.4) is 0 Å². The van der Waals surface area contributed by atoms with Gasteiger partial charge in [-0.3, -0.25) is 0 Å². The highest BCUT2D eigenvalue weighted by Crippen LogP contribution is 2.37. The first-order valence-electron chi connectivity index (χ1n) is 6.14. The molecular weight excluding hydrogens is 297 g/mol. The molecule has 0 saturated heterocycles. The van der Waals surface area contributed by atoms with E-state index in [2.05, 4.69) is 5.32 Å². The van der Waals surface area contributed by atoms with E-state index in [9.17, 15) is 13.2 Å². The minimum absolute atomic E-state index is 0.00807. The van der Waals surface area contributed by atoms with Crippen molar-refractivity contribution in [2.45, 2.75) is 6.18 Å². The first-order valence-corrected chi connectivity index (χ1v) is 7.02. The number of halogens is 3. The predicted molar refractivity (Wildman–Crippen MR) is 81.0 cm³/mol. The van der Waals surface area contributed by atoms with Crippen molar-refractivity contribution in [3.05, 3.63) is 53.4 Å². The molecule has 0 fully saturated rings. The van der Waals surface area contributed by atoms with Crippen molar-refractivity contribution < 1.29 is 13.2 Å². The van der Waals surface area contributed by atoms with E-state index in [4.69, 9.17) is 5.73 Å². The van der Waals surface area contributed by atoms with Crippen LogP contribution in [0.15, 0.2) is 47.8 Å². The molecule has 21 heavy (non-hydrogen) atoms. The third-order valence-corrected chi connectivity index (χ3v) is 3.98. The van der Waals surface area contributed by atoms with Crippen LogP contribution in [0.25, 0.3) is 10.1 Å². The quantitative estimate of drug-likeness (QED) is 0.635. The molecule has 3 rings (SSSR count). The van der Waals surface area contributed by atoms with Crippen LogP contribution in [0.5, 0.6) is 0 Å². The molecule has 6 heteroatoms.